The van der Waals surface area contributed by atoms with Crippen LogP contribution in [0.3, 0.4) is 0 Å². The number of nitrogens with one attached hydrogen (secondary N) is 1. The molecule has 1 aliphatic heterocycles. The minimum absolute atomic E-state index is 0.0372. The maximum atomic E-state index is 14.1. The van der Waals surface area contributed by atoms with Crippen molar-refractivity contribution in [1.82, 2.24) is 10.2 Å². The maximum Gasteiger partial charge on any atom is 0.412 e. The fraction of sp³-hybridized carbons (Fsp3) is 0.729. The van der Waals surface area contributed by atoms with Crippen molar-refractivity contribution in [3.8, 4) is 11.5 Å². The number of rotatable bonds is 26. The molecule has 1 fully saturated rings. The molecule has 6 atom stereocenters. The van der Waals surface area contributed by atoms with Crippen LogP contribution in [0.25, 0.3) is 0 Å². The van der Waals surface area contributed by atoms with Crippen molar-refractivity contribution < 1.29 is 43.6 Å². The highest BCUT2D eigenvalue weighted by Gasteiger charge is 2.65. The van der Waals surface area contributed by atoms with Crippen molar-refractivity contribution >= 4 is 17.9 Å². The van der Waals surface area contributed by atoms with Crippen molar-refractivity contribution in [2.75, 3.05) is 40.0 Å². The number of unbranched alkanes of at least 4 members (excludes halogenated alkanes) is 11. The van der Waals surface area contributed by atoms with E-state index in [1.807, 2.05) is 39.8 Å². The van der Waals surface area contributed by atoms with Crippen molar-refractivity contribution in [3.05, 3.63) is 48.1 Å². The van der Waals surface area contributed by atoms with Crippen LogP contribution in [0.4, 0.5) is 9.59 Å². The molecule has 0 bridgehead atoms. The van der Waals surface area contributed by atoms with Gasteiger partial charge in [0, 0.05) is 44.7 Å². The summed E-state index contributed by atoms with van der Waals surface area (Å²) in [5, 5.41) is 27.3. The summed E-state index contributed by atoms with van der Waals surface area (Å²) in [6.07, 6.45) is 19.7. The molecule has 0 radical (unpaired) electrons. The van der Waals surface area contributed by atoms with Crippen LogP contribution in [0.2, 0.25) is 0 Å². The zero-order valence-electron chi connectivity index (χ0n) is 37.7. The number of aliphatic hydroxyl groups excluding tert-OH is 2. The van der Waals surface area contributed by atoms with Crippen LogP contribution in [0.5, 0.6) is 11.5 Å². The fourth-order valence-corrected chi connectivity index (χ4v) is 9.25. The molecule has 2 amide bonds. The number of carbonyl (C=O) groups excluding carboxylic acids is 2. The van der Waals surface area contributed by atoms with Crippen LogP contribution in [0, 0.1) is 17.8 Å². The van der Waals surface area contributed by atoms with E-state index in [9.17, 15) is 19.8 Å². The predicted molar refractivity (Wildman–Crippen MR) is 236 cm³/mol. The third-order valence-electron chi connectivity index (χ3n) is 12.1. The van der Waals surface area contributed by atoms with E-state index in [4.69, 9.17) is 28.9 Å². The van der Waals surface area contributed by atoms with Crippen molar-refractivity contribution in [1.29, 1.82) is 0 Å². The van der Waals surface area contributed by atoms with Crippen LogP contribution >= 0.6 is 0 Å². The molecule has 4 rings (SSSR count). The van der Waals surface area contributed by atoms with Crippen LogP contribution < -0.4 is 14.8 Å². The lowest BCUT2D eigenvalue weighted by atomic mass is 9.55. The van der Waals surface area contributed by atoms with Gasteiger partial charge in [0.1, 0.15) is 23.1 Å². The number of hydrogen-bond donors (Lipinski definition) is 3. The molecule has 3 N–H and O–H groups in total. The van der Waals surface area contributed by atoms with Gasteiger partial charge in [0.15, 0.2) is 0 Å². The molecular weight excluding hydrogens is 763 g/mol. The third-order valence-corrected chi connectivity index (χ3v) is 12.1. The summed E-state index contributed by atoms with van der Waals surface area (Å²) in [4.78, 5) is 34.6. The quantitative estimate of drug-likeness (QED) is 0.0471. The van der Waals surface area contributed by atoms with Crippen molar-refractivity contribution in [3.63, 3.8) is 0 Å². The van der Waals surface area contributed by atoms with Gasteiger partial charge >= 0.3 is 12.2 Å². The Morgan fingerprint density at radius 3 is 2.27 bits per heavy atom. The fourth-order valence-electron chi connectivity index (χ4n) is 9.25. The van der Waals surface area contributed by atoms with E-state index in [1.165, 1.54) is 44.9 Å². The molecule has 0 aromatic heterocycles. The number of allylic oxidation sites excluding steroid dienone is 1. The molecule has 6 unspecified atom stereocenters. The predicted octanol–water partition coefficient (Wildman–Crippen LogP) is 10.2. The van der Waals surface area contributed by atoms with E-state index in [2.05, 4.69) is 24.9 Å². The molecule has 12 heteroatoms. The highest BCUT2D eigenvalue weighted by molar-refractivity contribution is 6.03. The van der Waals surface area contributed by atoms with E-state index in [-0.39, 0.29) is 44.0 Å². The SMILES string of the molecule is C=CCOC12Oc3ccc(OC(=O)NCC)cc3C3C(CCCCO)C(CCCCO)C=C(C(=NOC(C)(C)C)CC1N(C)C(=O)OCCCCCCCCCCCC)C32. The molecule has 12 nitrogen and oxygen atoms in total. The van der Waals surface area contributed by atoms with Crippen LogP contribution in [-0.4, -0.2) is 90.5 Å². The standard InChI is InChI=1S/C48H77N3O9/c1-8-11-12-13-14-15-16-17-18-23-31-56-46(55)51(7)42-34-40(50-60-47(4,5)6)38-32-35(24-19-21-28-52)37(25-20-22-29-53)43-39-33-36(58-45(54)49-10-3)26-27-41(39)59-48(42,44(38)43)57-30-9-2/h9,26-27,32-33,35,37,42-44,52-53H,2,8,10-25,28-31,34H2,1,3-7H3,(H,49,54). The van der Waals surface area contributed by atoms with Gasteiger partial charge in [-0.25, -0.2) is 9.59 Å². The zero-order chi connectivity index (χ0) is 43.5. The highest BCUT2D eigenvalue weighted by atomic mass is 16.7. The smallest absolute Gasteiger partial charge is 0.412 e. The first-order valence-corrected chi connectivity index (χ1v) is 23.1. The van der Waals surface area contributed by atoms with E-state index in [0.717, 1.165) is 56.1 Å². The Balaban J connectivity index is 1.78. The Bertz CT molecular complexity index is 1560. The largest absolute Gasteiger partial charge is 0.459 e. The lowest BCUT2D eigenvalue weighted by Crippen LogP contribution is -2.69. The summed E-state index contributed by atoms with van der Waals surface area (Å²) < 4.78 is 25.9. The summed E-state index contributed by atoms with van der Waals surface area (Å²) in [5.41, 5.74) is 1.93. The topological polar surface area (TPSA) is 148 Å². The molecule has 0 saturated heterocycles. The van der Waals surface area contributed by atoms with Crippen molar-refractivity contribution in [2.24, 2.45) is 22.9 Å². The van der Waals surface area contributed by atoms with Gasteiger partial charge in [-0.05, 0) is 95.4 Å². The van der Waals surface area contributed by atoms with E-state index in [0.29, 0.717) is 43.2 Å². The van der Waals surface area contributed by atoms with Crippen LogP contribution in [-0.2, 0) is 14.3 Å². The summed E-state index contributed by atoms with van der Waals surface area (Å²) in [7, 11) is 1.75. The molecule has 1 aromatic rings. The lowest BCUT2D eigenvalue weighted by Gasteiger charge is -2.59. The molecule has 60 heavy (non-hydrogen) atoms. The molecule has 338 valence electrons. The number of fused-ring (bicyclic) bond motifs is 2. The summed E-state index contributed by atoms with van der Waals surface area (Å²) >= 11 is 0. The number of oxime groups is 1. The van der Waals surface area contributed by atoms with Crippen molar-refractivity contribution in [2.45, 2.75) is 167 Å². The average molecular weight is 840 g/mol. The third kappa shape index (κ3) is 13.4. The number of likely N-dealkylation sites (N-methyl/N-ethyl adjacent to an activating group) is 1. The van der Waals surface area contributed by atoms with Gasteiger partial charge in [0.25, 0.3) is 0 Å². The van der Waals surface area contributed by atoms with Crippen LogP contribution in [0.1, 0.15) is 155 Å². The van der Waals surface area contributed by atoms with Gasteiger partial charge in [-0.2, -0.15) is 0 Å². The van der Waals surface area contributed by atoms with Gasteiger partial charge < -0.3 is 44.2 Å². The Kier molecular flexibility index (Phi) is 20.2. The first-order chi connectivity index (χ1) is 28.9. The molecule has 0 spiro atoms. The minimum atomic E-state index is -1.39. The number of amides is 2. The Morgan fingerprint density at radius 1 is 0.967 bits per heavy atom. The number of hydrogen-bond acceptors (Lipinski definition) is 10. The average Bonchev–Trinajstić information content (AvgIpc) is 3.22. The molecule has 1 heterocycles. The zero-order valence-corrected chi connectivity index (χ0v) is 37.7. The lowest BCUT2D eigenvalue weighted by molar-refractivity contribution is -0.253. The number of benzene rings is 1. The summed E-state index contributed by atoms with van der Waals surface area (Å²) in [6, 6.07) is 4.76. The van der Waals surface area contributed by atoms with Gasteiger partial charge in [-0.3, -0.25) is 0 Å². The monoisotopic (exact) mass is 840 g/mol. The molecule has 1 saturated carbocycles. The van der Waals surface area contributed by atoms with Gasteiger partial charge in [-0.1, -0.05) is 94.9 Å². The van der Waals surface area contributed by atoms with Gasteiger partial charge in [-0.15, -0.1) is 6.58 Å². The molecule has 3 aliphatic rings. The molecule has 2 aliphatic carbocycles. The van der Waals surface area contributed by atoms with Gasteiger partial charge in [0.2, 0.25) is 5.79 Å². The van der Waals surface area contributed by atoms with E-state index >= 15 is 0 Å². The highest BCUT2D eigenvalue weighted by Crippen LogP contribution is 2.62. The Morgan fingerprint density at radius 2 is 1.63 bits per heavy atom. The second-order valence-electron chi connectivity index (χ2n) is 17.8. The number of aliphatic hydroxyl groups is 2. The van der Waals surface area contributed by atoms with E-state index in [1.54, 1.807) is 24.1 Å². The number of nitrogens with zero attached hydrogens (tertiary/aromatic N) is 2. The molecule has 1 aromatic carbocycles. The van der Waals surface area contributed by atoms with Crippen LogP contribution in [0.15, 0.2) is 47.7 Å². The second kappa shape index (κ2) is 24.7. The second-order valence-corrected chi connectivity index (χ2v) is 17.8. The first-order valence-electron chi connectivity index (χ1n) is 23.1. The Labute approximate surface area is 360 Å². The normalized spacial score (nSPS) is 23.8. The minimum Gasteiger partial charge on any atom is -0.459 e. The number of ether oxygens (including phenoxy) is 4. The first kappa shape index (κ1) is 49.0. The summed E-state index contributed by atoms with van der Waals surface area (Å²) in [6.45, 7) is 15.0. The van der Waals surface area contributed by atoms with E-state index < -0.39 is 35.5 Å². The maximum absolute atomic E-state index is 14.1. The summed E-state index contributed by atoms with van der Waals surface area (Å²) in [5.74, 6) is -1.04. The number of carbonyl (C=O) groups is 2. The molecular formula is C48H77N3O9. The van der Waals surface area contributed by atoms with Gasteiger partial charge in [0.05, 0.1) is 24.8 Å². The Hall–Kier alpha value is -3.61.